The van der Waals surface area contributed by atoms with Gasteiger partial charge in [0.2, 0.25) is 0 Å². The number of imidazole rings is 1. The average Bonchev–Trinajstić information content (AvgIpc) is 2.96. The molecule has 4 heteroatoms. The molecule has 16 heavy (non-hydrogen) atoms. The number of benzene rings is 1. The summed E-state index contributed by atoms with van der Waals surface area (Å²) < 4.78 is 5.21. The molecular formula is C12H16N3O+. The number of hydrogen-bond donors (Lipinski definition) is 1. The molecule has 1 aromatic carbocycles. The highest BCUT2D eigenvalue weighted by molar-refractivity contribution is 5.74. The molecule has 1 aromatic heterocycles. The van der Waals surface area contributed by atoms with E-state index < -0.39 is 0 Å². The Morgan fingerprint density at radius 2 is 2.12 bits per heavy atom. The predicted octanol–water partition coefficient (Wildman–Crippen LogP) is 1.59. The number of aromatic amines is 2. The molecule has 0 amide bonds. The molecule has 0 saturated carbocycles. The van der Waals surface area contributed by atoms with Gasteiger partial charge in [0.25, 0.3) is 0 Å². The lowest BCUT2D eigenvalue weighted by Crippen LogP contribution is -2.24. The van der Waals surface area contributed by atoms with Crippen LogP contribution in [0.5, 0.6) is 5.75 Å². The van der Waals surface area contributed by atoms with Crippen LogP contribution in [-0.2, 0) is 0 Å². The molecule has 84 valence electrons. The summed E-state index contributed by atoms with van der Waals surface area (Å²) in [6.07, 6.45) is 2.57. The van der Waals surface area contributed by atoms with E-state index in [1.54, 1.807) is 7.11 Å². The third-order valence-corrected chi connectivity index (χ3v) is 3.16. The highest BCUT2D eigenvalue weighted by Crippen LogP contribution is 2.20. The largest absolute Gasteiger partial charge is 0.497 e. The van der Waals surface area contributed by atoms with Gasteiger partial charge >= 0.3 is 5.95 Å². The lowest BCUT2D eigenvalue weighted by Gasteiger charge is -2.04. The molecule has 2 aromatic rings. The summed E-state index contributed by atoms with van der Waals surface area (Å²) in [7, 11) is 1.69. The minimum Gasteiger partial charge on any atom is -0.497 e. The molecule has 0 atom stereocenters. The number of anilines is 1. The first-order valence-electron chi connectivity index (χ1n) is 5.71. The summed E-state index contributed by atoms with van der Waals surface area (Å²) in [6, 6.07) is 6.04. The van der Waals surface area contributed by atoms with Crippen LogP contribution in [-0.4, -0.2) is 25.2 Å². The van der Waals surface area contributed by atoms with Gasteiger partial charge < -0.3 is 4.74 Å². The molecule has 3 rings (SSSR count). The minimum absolute atomic E-state index is 0.885. The number of rotatable bonds is 2. The first-order chi connectivity index (χ1) is 7.86. The molecular weight excluding hydrogens is 202 g/mol. The van der Waals surface area contributed by atoms with E-state index >= 15 is 0 Å². The van der Waals surface area contributed by atoms with E-state index in [-0.39, 0.29) is 0 Å². The van der Waals surface area contributed by atoms with Crippen molar-refractivity contribution >= 4 is 17.0 Å². The maximum atomic E-state index is 5.21. The molecule has 2 heterocycles. The van der Waals surface area contributed by atoms with Gasteiger partial charge in [0, 0.05) is 6.07 Å². The van der Waals surface area contributed by atoms with Crippen LogP contribution in [0.2, 0.25) is 0 Å². The van der Waals surface area contributed by atoms with E-state index in [2.05, 4.69) is 14.9 Å². The van der Waals surface area contributed by atoms with Gasteiger partial charge in [0.15, 0.2) is 0 Å². The van der Waals surface area contributed by atoms with Crippen molar-refractivity contribution in [1.29, 1.82) is 0 Å². The maximum absolute atomic E-state index is 5.21. The summed E-state index contributed by atoms with van der Waals surface area (Å²) in [4.78, 5) is 9.16. The quantitative estimate of drug-likeness (QED) is 0.831. The fourth-order valence-corrected chi connectivity index (χ4v) is 2.25. The molecule has 1 saturated heterocycles. The number of nitrogens with zero attached hydrogens (tertiary/aromatic N) is 1. The number of aromatic nitrogens is 2. The van der Waals surface area contributed by atoms with Crippen LogP contribution in [0.1, 0.15) is 12.8 Å². The minimum atomic E-state index is 0.885. The zero-order chi connectivity index (χ0) is 11.0. The Hall–Kier alpha value is -1.71. The lowest BCUT2D eigenvalue weighted by atomic mass is 10.3. The van der Waals surface area contributed by atoms with Gasteiger partial charge in [0.05, 0.1) is 20.2 Å². The Labute approximate surface area is 94.2 Å². The zero-order valence-corrected chi connectivity index (χ0v) is 9.42. The Kier molecular flexibility index (Phi) is 2.20. The standard InChI is InChI=1S/C12H15N3O/c1-16-9-4-5-10-11(8-9)14-12(13-10)15-6-2-3-7-15/h4-5,8H,2-3,6-7H2,1H3,(H,13,14)/p+1. The van der Waals surface area contributed by atoms with Crippen molar-refractivity contribution in [3.8, 4) is 5.75 Å². The second-order valence-corrected chi connectivity index (χ2v) is 4.20. The highest BCUT2D eigenvalue weighted by Gasteiger charge is 2.22. The van der Waals surface area contributed by atoms with Crippen molar-refractivity contribution in [2.24, 2.45) is 0 Å². The number of ether oxygens (including phenoxy) is 1. The monoisotopic (exact) mass is 218 g/mol. The Bertz CT molecular complexity index is 500. The third-order valence-electron chi connectivity index (χ3n) is 3.16. The fourth-order valence-electron chi connectivity index (χ4n) is 2.25. The molecule has 1 fully saturated rings. The summed E-state index contributed by atoms with van der Waals surface area (Å²) in [5.41, 5.74) is 2.23. The van der Waals surface area contributed by atoms with Gasteiger partial charge in [-0.05, 0) is 25.0 Å². The molecule has 0 aliphatic carbocycles. The highest BCUT2D eigenvalue weighted by atomic mass is 16.5. The number of methoxy groups -OCH3 is 1. The summed E-state index contributed by atoms with van der Waals surface area (Å²) in [6.45, 7) is 2.28. The Morgan fingerprint density at radius 1 is 1.31 bits per heavy atom. The normalized spacial score (nSPS) is 15.9. The number of fused-ring (bicyclic) bond motifs is 1. The molecule has 0 bridgehead atoms. The molecule has 1 aliphatic heterocycles. The average molecular weight is 218 g/mol. The van der Waals surface area contributed by atoms with Crippen LogP contribution in [0, 0.1) is 0 Å². The van der Waals surface area contributed by atoms with Gasteiger partial charge in [-0.25, -0.2) is 9.97 Å². The molecule has 2 N–H and O–H groups in total. The zero-order valence-electron chi connectivity index (χ0n) is 9.42. The summed E-state index contributed by atoms with van der Waals surface area (Å²) in [5, 5.41) is 0. The van der Waals surface area contributed by atoms with E-state index in [0.717, 1.165) is 35.8 Å². The molecule has 0 spiro atoms. The predicted molar refractivity (Wildman–Crippen MR) is 62.9 cm³/mol. The number of hydrogen-bond acceptors (Lipinski definition) is 2. The second kappa shape index (κ2) is 3.70. The summed E-state index contributed by atoms with van der Waals surface area (Å²) >= 11 is 0. The van der Waals surface area contributed by atoms with Crippen molar-refractivity contribution in [3.05, 3.63) is 18.2 Å². The first-order valence-corrected chi connectivity index (χ1v) is 5.71. The van der Waals surface area contributed by atoms with Crippen molar-refractivity contribution < 1.29 is 9.72 Å². The lowest BCUT2D eigenvalue weighted by molar-refractivity contribution is -0.329. The molecule has 0 unspecified atom stereocenters. The van der Waals surface area contributed by atoms with Crippen LogP contribution in [0.3, 0.4) is 0 Å². The van der Waals surface area contributed by atoms with Gasteiger partial charge in [0.1, 0.15) is 16.8 Å². The van der Waals surface area contributed by atoms with Gasteiger partial charge in [-0.15, -0.1) is 0 Å². The van der Waals surface area contributed by atoms with Crippen molar-refractivity contribution in [2.45, 2.75) is 12.8 Å². The smallest absolute Gasteiger partial charge is 0.355 e. The van der Waals surface area contributed by atoms with E-state index in [4.69, 9.17) is 4.74 Å². The molecule has 0 radical (unpaired) electrons. The van der Waals surface area contributed by atoms with Crippen molar-refractivity contribution in [3.63, 3.8) is 0 Å². The number of H-pyrrole nitrogens is 2. The van der Waals surface area contributed by atoms with E-state index in [1.807, 2.05) is 18.2 Å². The van der Waals surface area contributed by atoms with Crippen molar-refractivity contribution in [1.82, 2.24) is 4.98 Å². The first kappa shape index (κ1) is 9.51. The van der Waals surface area contributed by atoms with Crippen LogP contribution in [0.25, 0.3) is 11.0 Å². The van der Waals surface area contributed by atoms with Crippen LogP contribution < -0.4 is 14.6 Å². The second-order valence-electron chi connectivity index (χ2n) is 4.20. The molecule has 4 nitrogen and oxygen atoms in total. The van der Waals surface area contributed by atoms with E-state index in [1.165, 1.54) is 12.8 Å². The van der Waals surface area contributed by atoms with Gasteiger partial charge in [-0.3, -0.25) is 4.90 Å². The maximum Gasteiger partial charge on any atom is 0.355 e. The number of nitrogens with one attached hydrogen (secondary N) is 2. The third kappa shape index (κ3) is 1.50. The van der Waals surface area contributed by atoms with Crippen LogP contribution in [0.15, 0.2) is 18.2 Å². The van der Waals surface area contributed by atoms with Gasteiger partial charge in [-0.2, -0.15) is 0 Å². The van der Waals surface area contributed by atoms with E-state index in [9.17, 15) is 0 Å². The fraction of sp³-hybridized carbons (Fsp3) is 0.417. The SMILES string of the molecule is COc1ccc2[nH+]c(N3CCCC3)[nH]c2c1. The topological polar surface area (TPSA) is 42.4 Å². The summed E-state index contributed by atoms with van der Waals surface area (Å²) in [5.74, 6) is 2.00. The Balaban J connectivity index is 2.01. The van der Waals surface area contributed by atoms with E-state index in [0.29, 0.717) is 0 Å². The Morgan fingerprint density at radius 3 is 2.88 bits per heavy atom. The van der Waals surface area contributed by atoms with Crippen LogP contribution >= 0.6 is 0 Å². The van der Waals surface area contributed by atoms with Crippen molar-refractivity contribution in [2.75, 3.05) is 25.1 Å². The van der Waals surface area contributed by atoms with Gasteiger partial charge in [-0.1, -0.05) is 0 Å². The van der Waals surface area contributed by atoms with Crippen LogP contribution in [0.4, 0.5) is 5.95 Å². The molecule has 1 aliphatic rings.